The van der Waals surface area contributed by atoms with Crippen molar-refractivity contribution in [1.29, 1.82) is 0 Å². The van der Waals surface area contributed by atoms with E-state index in [-0.39, 0.29) is 6.10 Å². The van der Waals surface area contributed by atoms with Crippen LogP contribution in [0.1, 0.15) is 38.2 Å². The van der Waals surface area contributed by atoms with Gasteiger partial charge in [0, 0.05) is 64.5 Å². The number of thiazole rings is 1. The van der Waals surface area contributed by atoms with Crippen LogP contribution >= 0.6 is 11.3 Å². The minimum atomic E-state index is 0.196. The molecule has 0 amide bonds. The van der Waals surface area contributed by atoms with Crippen LogP contribution in [0.3, 0.4) is 0 Å². The Labute approximate surface area is 222 Å². The number of pyridine rings is 1. The van der Waals surface area contributed by atoms with Crippen molar-refractivity contribution < 1.29 is 9.47 Å². The molecule has 0 bridgehead atoms. The molecule has 0 unspecified atom stereocenters. The Morgan fingerprint density at radius 2 is 1.84 bits per heavy atom. The van der Waals surface area contributed by atoms with Crippen LogP contribution in [0.4, 0.5) is 10.9 Å². The standard InChI is InChI=1S/C27H35N7O2S/c1-2-33-9-11-34(12-10-33)19-20-3-4-24(29-17-20)32-26-30-18-23(37-26)22-5-8-28-25(31-22)36-21-15-27(16-21)6-13-35-14-7-27/h3-5,8,17-18,21H,2,6-7,9-16,19H2,1H3,(H,29,30,32). The Kier molecular flexibility index (Phi) is 7.32. The van der Waals surface area contributed by atoms with Crippen molar-refractivity contribution in [2.24, 2.45) is 5.41 Å². The Balaban J connectivity index is 1.02. The molecule has 2 aliphatic heterocycles. The highest BCUT2D eigenvalue weighted by molar-refractivity contribution is 7.18. The van der Waals surface area contributed by atoms with E-state index in [9.17, 15) is 0 Å². The number of ether oxygens (including phenoxy) is 2. The predicted molar refractivity (Wildman–Crippen MR) is 144 cm³/mol. The first-order valence-electron chi connectivity index (χ1n) is 13.4. The van der Waals surface area contributed by atoms with Crippen LogP contribution in [-0.2, 0) is 11.3 Å². The normalized spacial score (nSPS) is 20.6. The highest BCUT2D eigenvalue weighted by Gasteiger charge is 2.46. The molecular weight excluding hydrogens is 486 g/mol. The first-order chi connectivity index (χ1) is 18.2. The van der Waals surface area contributed by atoms with Gasteiger partial charge in [-0.1, -0.05) is 24.3 Å². The molecule has 2 saturated heterocycles. The summed E-state index contributed by atoms with van der Waals surface area (Å²) in [7, 11) is 0. The van der Waals surface area contributed by atoms with E-state index in [0.29, 0.717) is 11.4 Å². The molecule has 196 valence electrons. The van der Waals surface area contributed by atoms with Gasteiger partial charge in [-0.2, -0.15) is 4.98 Å². The SMILES string of the molecule is CCN1CCN(Cc2ccc(Nc3ncc(-c4ccnc(OC5CC6(CCOCC6)C5)n4)s3)nc2)CC1. The molecular formula is C27H35N7O2S. The summed E-state index contributed by atoms with van der Waals surface area (Å²) in [5, 5.41) is 4.11. The fourth-order valence-corrected chi connectivity index (χ4v) is 6.35. The van der Waals surface area contributed by atoms with Gasteiger partial charge in [0.05, 0.1) is 10.6 Å². The van der Waals surface area contributed by atoms with Crippen LogP contribution in [0.2, 0.25) is 0 Å². The van der Waals surface area contributed by atoms with Gasteiger partial charge in [-0.25, -0.2) is 15.0 Å². The molecule has 1 N–H and O–H groups in total. The van der Waals surface area contributed by atoms with E-state index in [0.717, 1.165) is 99.7 Å². The van der Waals surface area contributed by atoms with Gasteiger partial charge in [0.15, 0.2) is 5.13 Å². The second-order valence-electron chi connectivity index (χ2n) is 10.4. The van der Waals surface area contributed by atoms with Crippen molar-refractivity contribution in [3.63, 3.8) is 0 Å². The summed E-state index contributed by atoms with van der Waals surface area (Å²) in [4.78, 5) is 24.1. The first kappa shape index (κ1) is 24.7. The fourth-order valence-electron chi connectivity index (χ4n) is 5.56. The van der Waals surface area contributed by atoms with E-state index < -0.39 is 0 Å². The molecule has 3 aromatic heterocycles. The summed E-state index contributed by atoms with van der Waals surface area (Å²) in [6, 6.07) is 6.52. The molecule has 37 heavy (non-hydrogen) atoms. The molecule has 3 fully saturated rings. The fraction of sp³-hybridized carbons (Fsp3) is 0.556. The number of nitrogens with one attached hydrogen (secondary N) is 1. The Hall–Kier alpha value is -2.66. The van der Waals surface area contributed by atoms with Gasteiger partial charge in [-0.3, -0.25) is 4.90 Å². The quantitative estimate of drug-likeness (QED) is 0.468. The molecule has 5 heterocycles. The average molecular weight is 522 g/mol. The lowest BCUT2D eigenvalue weighted by Gasteiger charge is -2.49. The number of anilines is 2. The van der Waals surface area contributed by atoms with Gasteiger partial charge in [-0.05, 0) is 55.3 Å². The molecule has 0 atom stereocenters. The summed E-state index contributed by atoms with van der Waals surface area (Å²) < 4.78 is 11.6. The van der Waals surface area contributed by atoms with Crippen LogP contribution in [0.5, 0.6) is 6.01 Å². The molecule has 1 spiro atoms. The maximum Gasteiger partial charge on any atom is 0.317 e. The third-order valence-electron chi connectivity index (χ3n) is 7.92. The predicted octanol–water partition coefficient (Wildman–Crippen LogP) is 4.21. The van der Waals surface area contributed by atoms with Crippen LogP contribution in [-0.4, -0.2) is 81.8 Å². The first-order valence-corrected chi connectivity index (χ1v) is 14.2. The average Bonchev–Trinajstić information content (AvgIpc) is 3.39. The zero-order valence-electron chi connectivity index (χ0n) is 21.4. The zero-order valence-corrected chi connectivity index (χ0v) is 22.3. The summed E-state index contributed by atoms with van der Waals surface area (Å²) in [6.07, 6.45) is 10.2. The van der Waals surface area contributed by atoms with Gasteiger partial charge >= 0.3 is 6.01 Å². The van der Waals surface area contributed by atoms with Gasteiger partial charge in [0.2, 0.25) is 0 Å². The molecule has 3 aliphatic rings. The largest absolute Gasteiger partial charge is 0.460 e. The Bertz CT molecular complexity index is 1170. The van der Waals surface area contributed by atoms with Crippen molar-refractivity contribution in [3.05, 3.63) is 42.4 Å². The van der Waals surface area contributed by atoms with Crippen LogP contribution < -0.4 is 10.1 Å². The van der Waals surface area contributed by atoms with Crippen LogP contribution in [0.25, 0.3) is 10.6 Å². The highest BCUT2D eigenvalue weighted by Crippen LogP contribution is 2.49. The summed E-state index contributed by atoms with van der Waals surface area (Å²) >= 11 is 1.55. The smallest absolute Gasteiger partial charge is 0.317 e. The number of likely N-dealkylation sites (N-methyl/N-ethyl adjacent to an activating group) is 1. The maximum atomic E-state index is 6.11. The topological polar surface area (TPSA) is 88.5 Å². The minimum Gasteiger partial charge on any atom is -0.460 e. The molecule has 0 radical (unpaired) electrons. The van der Waals surface area contributed by atoms with Gasteiger partial charge in [0.25, 0.3) is 0 Å². The molecule has 3 aromatic rings. The van der Waals surface area contributed by atoms with E-state index in [4.69, 9.17) is 9.47 Å². The van der Waals surface area contributed by atoms with Gasteiger partial charge in [0.1, 0.15) is 11.9 Å². The van der Waals surface area contributed by atoms with Crippen molar-refractivity contribution in [1.82, 2.24) is 29.7 Å². The molecule has 0 aromatic carbocycles. The van der Waals surface area contributed by atoms with Crippen molar-refractivity contribution in [3.8, 4) is 16.6 Å². The van der Waals surface area contributed by atoms with E-state index in [2.05, 4.69) is 48.0 Å². The Morgan fingerprint density at radius 1 is 1.03 bits per heavy atom. The summed E-state index contributed by atoms with van der Waals surface area (Å²) in [5.74, 6) is 0.791. The molecule has 1 saturated carbocycles. The van der Waals surface area contributed by atoms with E-state index in [1.54, 1.807) is 17.5 Å². The van der Waals surface area contributed by atoms with Crippen LogP contribution in [0.15, 0.2) is 36.8 Å². The zero-order chi connectivity index (χ0) is 25.1. The Morgan fingerprint density at radius 3 is 2.59 bits per heavy atom. The summed E-state index contributed by atoms with van der Waals surface area (Å²) in [5.41, 5.74) is 2.47. The van der Waals surface area contributed by atoms with E-state index >= 15 is 0 Å². The summed E-state index contributed by atoms with van der Waals surface area (Å²) in [6.45, 7) is 10.6. The maximum absolute atomic E-state index is 6.11. The van der Waals surface area contributed by atoms with E-state index in [1.807, 2.05) is 24.5 Å². The number of hydrogen-bond acceptors (Lipinski definition) is 10. The lowest BCUT2D eigenvalue weighted by Crippen LogP contribution is -2.47. The number of aromatic nitrogens is 4. The minimum absolute atomic E-state index is 0.196. The number of nitrogens with zero attached hydrogens (tertiary/aromatic N) is 6. The third-order valence-corrected chi connectivity index (χ3v) is 8.85. The van der Waals surface area contributed by atoms with Crippen molar-refractivity contribution >= 4 is 22.3 Å². The molecule has 9 nitrogen and oxygen atoms in total. The van der Waals surface area contributed by atoms with Crippen molar-refractivity contribution in [2.75, 3.05) is 51.3 Å². The second-order valence-corrected chi connectivity index (χ2v) is 11.4. The monoisotopic (exact) mass is 521 g/mol. The second kappa shape index (κ2) is 11.0. The van der Waals surface area contributed by atoms with E-state index in [1.165, 1.54) is 5.56 Å². The van der Waals surface area contributed by atoms with Gasteiger partial charge < -0.3 is 19.7 Å². The number of rotatable bonds is 8. The highest BCUT2D eigenvalue weighted by atomic mass is 32.1. The molecule has 1 aliphatic carbocycles. The lowest BCUT2D eigenvalue weighted by atomic mass is 9.62. The third kappa shape index (κ3) is 5.93. The molecule has 10 heteroatoms. The van der Waals surface area contributed by atoms with Gasteiger partial charge in [-0.15, -0.1) is 0 Å². The lowest BCUT2D eigenvalue weighted by molar-refractivity contribution is -0.0880. The molecule has 6 rings (SSSR count). The van der Waals surface area contributed by atoms with Crippen molar-refractivity contribution in [2.45, 2.75) is 45.3 Å². The van der Waals surface area contributed by atoms with Crippen LogP contribution in [0, 0.1) is 5.41 Å². The number of piperazine rings is 1. The number of hydrogen-bond donors (Lipinski definition) is 1.